The van der Waals surface area contributed by atoms with Crippen LogP contribution in [0.5, 0.6) is 0 Å². The smallest absolute Gasteiger partial charge is 0.160 e. The van der Waals surface area contributed by atoms with Gasteiger partial charge in [0.1, 0.15) is 6.10 Å². The van der Waals surface area contributed by atoms with E-state index in [1.54, 1.807) is 13.8 Å². The molecular formula is C7H14O4. The third-order valence-corrected chi connectivity index (χ3v) is 2.17. The molecule has 5 atom stereocenters. The van der Waals surface area contributed by atoms with Crippen molar-refractivity contribution in [2.75, 3.05) is 0 Å². The normalized spacial score (nSPS) is 52.6. The highest BCUT2D eigenvalue weighted by Crippen LogP contribution is 2.23. The zero-order chi connectivity index (χ0) is 8.59. The Labute approximate surface area is 65.4 Å². The lowest BCUT2D eigenvalue weighted by Gasteiger charge is -2.37. The molecule has 66 valence electrons. The first-order valence-corrected chi connectivity index (χ1v) is 3.73. The molecule has 3 N–H and O–H groups in total. The predicted molar refractivity (Wildman–Crippen MR) is 37.7 cm³/mol. The Hall–Kier alpha value is -0.160. The summed E-state index contributed by atoms with van der Waals surface area (Å²) in [6.45, 7) is 3.24. The van der Waals surface area contributed by atoms with Crippen molar-refractivity contribution in [3.63, 3.8) is 0 Å². The Balaban J connectivity index is 2.63. The molecule has 1 saturated heterocycles. The second-order valence-electron chi connectivity index (χ2n) is 3.07. The maximum absolute atomic E-state index is 9.30. The van der Waals surface area contributed by atoms with Crippen LogP contribution in [0.2, 0.25) is 0 Å². The topological polar surface area (TPSA) is 69.9 Å². The fourth-order valence-corrected chi connectivity index (χ4v) is 1.18. The van der Waals surface area contributed by atoms with Crippen molar-refractivity contribution in [1.29, 1.82) is 0 Å². The maximum Gasteiger partial charge on any atom is 0.160 e. The lowest BCUT2D eigenvalue weighted by atomic mass is 9.93. The molecule has 4 heteroatoms. The van der Waals surface area contributed by atoms with Crippen LogP contribution in [0.3, 0.4) is 0 Å². The molecule has 3 unspecified atom stereocenters. The Morgan fingerprint density at radius 3 is 2.09 bits per heavy atom. The van der Waals surface area contributed by atoms with Crippen LogP contribution < -0.4 is 0 Å². The molecule has 0 aromatic rings. The molecule has 1 heterocycles. The quantitative estimate of drug-likeness (QED) is 0.431. The van der Waals surface area contributed by atoms with Crippen molar-refractivity contribution < 1.29 is 20.1 Å². The molecule has 0 amide bonds. The predicted octanol–water partition coefficient (Wildman–Crippen LogP) is -0.919. The van der Waals surface area contributed by atoms with Gasteiger partial charge in [-0.15, -0.1) is 0 Å². The number of hydrogen-bond acceptors (Lipinski definition) is 4. The highest BCUT2D eigenvalue weighted by molar-refractivity contribution is 4.84. The van der Waals surface area contributed by atoms with Gasteiger partial charge in [-0.05, 0) is 6.92 Å². The van der Waals surface area contributed by atoms with Gasteiger partial charge in [-0.25, -0.2) is 0 Å². The number of rotatable bonds is 0. The van der Waals surface area contributed by atoms with Crippen LogP contribution in [0.15, 0.2) is 0 Å². The second kappa shape index (κ2) is 3.06. The first-order chi connectivity index (χ1) is 5.04. The molecule has 1 aliphatic rings. The summed E-state index contributed by atoms with van der Waals surface area (Å²) in [4.78, 5) is 0. The summed E-state index contributed by atoms with van der Waals surface area (Å²) < 4.78 is 4.93. The first kappa shape index (κ1) is 8.93. The van der Waals surface area contributed by atoms with Crippen molar-refractivity contribution >= 4 is 0 Å². The van der Waals surface area contributed by atoms with Crippen molar-refractivity contribution in [1.82, 2.24) is 0 Å². The minimum absolute atomic E-state index is 0.429. The van der Waals surface area contributed by atoms with Crippen LogP contribution in [-0.4, -0.2) is 39.9 Å². The Bertz CT molecular complexity index is 124. The van der Waals surface area contributed by atoms with Gasteiger partial charge in [-0.3, -0.25) is 0 Å². The van der Waals surface area contributed by atoms with E-state index in [1.165, 1.54) is 0 Å². The monoisotopic (exact) mass is 162 g/mol. The SMILES string of the molecule is CC1OC(O)C(C)[C@H](O)[C@@H]1O. The molecule has 0 radical (unpaired) electrons. The van der Waals surface area contributed by atoms with Gasteiger partial charge in [0.05, 0.1) is 12.2 Å². The maximum atomic E-state index is 9.30. The van der Waals surface area contributed by atoms with Gasteiger partial charge in [0.25, 0.3) is 0 Å². The average Bonchev–Trinajstić information content (AvgIpc) is 1.97. The summed E-state index contributed by atoms with van der Waals surface area (Å²) in [5.41, 5.74) is 0. The van der Waals surface area contributed by atoms with Gasteiger partial charge in [0.15, 0.2) is 6.29 Å². The molecule has 4 nitrogen and oxygen atoms in total. The third-order valence-electron chi connectivity index (χ3n) is 2.17. The van der Waals surface area contributed by atoms with Gasteiger partial charge in [0, 0.05) is 5.92 Å². The van der Waals surface area contributed by atoms with Crippen molar-refractivity contribution in [2.24, 2.45) is 5.92 Å². The van der Waals surface area contributed by atoms with Crippen molar-refractivity contribution in [2.45, 2.75) is 38.4 Å². The zero-order valence-corrected chi connectivity index (χ0v) is 6.64. The third kappa shape index (κ3) is 1.54. The molecule has 0 aromatic heterocycles. The van der Waals surface area contributed by atoms with E-state index < -0.39 is 30.5 Å². The van der Waals surface area contributed by atoms with E-state index in [0.717, 1.165) is 0 Å². The summed E-state index contributed by atoms with van der Waals surface area (Å²) in [6, 6.07) is 0. The molecule has 1 rings (SSSR count). The number of hydrogen-bond donors (Lipinski definition) is 3. The summed E-state index contributed by atoms with van der Waals surface area (Å²) in [7, 11) is 0. The van der Waals surface area contributed by atoms with E-state index in [1.807, 2.05) is 0 Å². The highest BCUT2D eigenvalue weighted by atomic mass is 16.6. The molecule has 0 bridgehead atoms. The van der Waals surface area contributed by atoms with E-state index in [9.17, 15) is 10.2 Å². The highest BCUT2D eigenvalue weighted by Gasteiger charge is 2.38. The van der Waals surface area contributed by atoms with Crippen molar-refractivity contribution in [3.8, 4) is 0 Å². The fourth-order valence-electron chi connectivity index (χ4n) is 1.18. The van der Waals surface area contributed by atoms with E-state index in [4.69, 9.17) is 9.84 Å². The van der Waals surface area contributed by atoms with Gasteiger partial charge < -0.3 is 20.1 Å². The van der Waals surface area contributed by atoms with Gasteiger partial charge in [0.2, 0.25) is 0 Å². The minimum Gasteiger partial charge on any atom is -0.390 e. The standard InChI is InChI=1S/C7H14O4/c1-3-5(8)6(9)4(2)11-7(3)10/h3-10H,1-2H3/t3?,4?,5-,6+,7?/m0/s1. The minimum atomic E-state index is -0.969. The van der Waals surface area contributed by atoms with E-state index in [-0.39, 0.29) is 0 Å². The van der Waals surface area contributed by atoms with Crippen LogP contribution >= 0.6 is 0 Å². The molecule has 1 aliphatic heterocycles. The fraction of sp³-hybridized carbons (Fsp3) is 1.00. The average molecular weight is 162 g/mol. The number of aliphatic hydroxyl groups is 3. The second-order valence-corrected chi connectivity index (χ2v) is 3.07. The molecule has 0 aliphatic carbocycles. The van der Waals surface area contributed by atoms with Crippen LogP contribution in [0.25, 0.3) is 0 Å². The van der Waals surface area contributed by atoms with Gasteiger partial charge in [-0.2, -0.15) is 0 Å². The zero-order valence-electron chi connectivity index (χ0n) is 6.64. The van der Waals surface area contributed by atoms with E-state index in [2.05, 4.69) is 0 Å². The number of ether oxygens (including phenoxy) is 1. The van der Waals surface area contributed by atoms with Crippen LogP contribution in [0.4, 0.5) is 0 Å². The molecule has 11 heavy (non-hydrogen) atoms. The number of aliphatic hydroxyl groups excluding tert-OH is 3. The molecule has 0 spiro atoms. The van der Waals surface area contributed by atoms with Crippen LogP contribution in [0.1, 0.15) is 13.8 Å². The molecule has 1 fully saturated rings. The lowest BCUT2D eigenvalue weighted by Crippen LogP contribution is -2.52. The van der Waals surface area contributed by atoms with Crippen molar-refractivity contribution in [3.05, 3.63) is 0 Å². The summed E-state index contributed by atoms with van der Waals surface area (Å²) >= 11 is 0. The Morgan fingerprint density at radius 2 is 1.55 bits per heavy atom. The Kier molecular flexibility index (Phi) is 2.49. The van der Waals surface area contributed by atoms with E-state index in [0.29, 0.717) is 0 Å². The molecular weight excluding hydrogens is 148 g/mol. The van der Waals surface area contributed by atoms with E-state index >= 15 is 0 Å². The lowest BCUT2D eigenvalue weighted by molar-refractivity contribution is -0.255. The first-order valence-electron chi connectivity index (χ1n) is 3.73. The largest absolute Gasteiger partial charge is 0.390 e. The Morgan fingerprint density at radius 1 is 1.00 bits per heavy atom. The summed E-state index contributed by atoms with van der Waals surface area (Å²) in [5.74, 6) is -0.429. The van der Waals surface area contributed by atoms with Gasteiger partial charge >= 0.3 is 0 Å². The van der Waals surface area contributed by atoms with Crippen LogP contribution in [-0.2, 0) is 4.74 Å². The van der Waals surface area contributed by atoms with Crippen LogP contribution in [0, 0.1) is 5.92 Å². The summed E-state index contributed by atoms with van der Waals surface area (Å²) in [5, 5.41) is 27.7. The molecule has 0 aromatic carbocycles. The molecule has 0 saturated carbocycles. The summed E-state index contributed by atoms with van der Waals surface area (Å²) in [6.07, 6.45) is -3.26. The van der Waals surface area contributed by atoms with Gasteiger partial charge in [-0.1, -0.05) is 6.92 Å².